The first-order chi connectivity index (χ1) is 15.8. The molecule has 0 unspecified atom stereocenters. The molecule has 1 aliphatic heterocycles. The number of aromatic nitrogens is 2. The predicted molar refractivity (Wildman–Crippen MR) is 129 cm³/mol. The fourth-order valence-electron chi connectivity index (χ4n) is 4.20. The molecule has 8 heteroatoms. The van der Waals surface area contributed by atoms with Crippen molar-refractivity contribution in [3.05, 3.63) is 65.0 Å². The van der Waals surface area contributed by atoms with E-state index in [1.807, 2.05) is 13.0 Å². The first kappa shape index (κ1) is 23.3. The van der Waals surface area contributed by atoms with Crippen LogP contribution in [0.5, 0.6) is 0 Å². The molecule has 1 N–H and O–H groups in total. The van der Waals surface area contributed by atoms with Crippen LogP contribution in [0.4, 0.5) is 0 Å². The van der Waals surface area contributed by atoms with E-state index < -0.39 is 10.0 Å². The highest BCUT2D eigenvalue weighted by molar-refractivity contribution is 7.89. The fraction of sp³-hybridized carbons (Fsp3) is 0.400. The van der Waals surface area contributed by atoms with Gasteiger partial charge in [-0.3, -0.25) is 4.79 Å². The zero-order chi connectivity index (χ0) is 23.6. The van der Waals surface area contributed by atoms with E-state index in [9.17, 15) is 13.2 Å². The molecule has 0 atom stereocenters. The zero-order valence-corrected chi connectivity index (χ0v) is 20.2. The lowest BCUT2D eigenvalue weighted by molar-refractivity contribution is 0.0924. The number of nitrogens with zero attached hydrogens (tertiary/aromatic N) is 3. The SMILES string of the molecule is CCc1nc2ccc(C(=O)NC3CCN(S(=O)(=O)c4ccc(C)cc4)CC3)cc2nc1CC. The summed E-state index contributed by atoms with van der Waals surface area (Å²) in [5.41, 5.74) is 5.02. The number of piperidine rings is 1. The molecule has 1 aliphatic rings. The number of sulfonamides is 1. The maximum absolute atomic E-state index is 12.9. The van der Waals surface area contributed by atoms with Gasteiger partial charge in [0.2, 0.25) is 10.0 Å². The third kappa shape index (κ3) is 4.91. The van der Waals surface area contributed by atoms with E-state index in [0.29, 0.717) is 36.4 Å². The first-order valence-electron chi connectivity index (χ1n) is 11.5. The van der Waals surface area contributed by atoms with Crippen molar-refractivity contribution in [1.82, 2.24) is 19.6 Å². The Labute approximate surface area is 195 Å². The lowest BCUT2D eigenvalue weighted by Crippen LogP contribution is -2.46. The number of hydrogen-bond donors (Lipinski definition) is 1. The summed E-state index contributed by atoms with van der Waals surface area (Å²) >= 11 is 0. The maximum Gasteiger partial charge on any atom is 0.251 e. The van der Waals surface area contributed by atoms with Crippen molar-refractivity contribution >= 4 is 27.0 Å². The van der Waals surface area contributed by atoms with Crippen LogP contribution in [0.1, 0.15) is 54.0 Å². The third-order valence-electron chi connectivity index (χ3n) is 6.20. The standard InChI is InChI=1S/C25H30N4O3S/c1-4-21-22(5-2)28-24-16-18(8-11-23(24)27-21)25(30)26-19-12-14-29(15-13-19)33(31,32)20-9-6-17(3)7-10-20/h6-11,16,19H,4-5,12-15H2,1-3H3,(H,26,30). The van der Waals surface area contributed by atoms with Crippen LogP contribution < -0.4 is 5.32 Å². The largest absolute Gasteiger partial charge is 0.349 e. The van der Waals surface area contributed by atoms with Gasteiger partial charge in [-0.25, -0.2) is 18.4 Å². The third-order valence-corrected chi connectivity index (χ3v) is 8.11. The van der Waals surface area contributed by atoms with Crippen molar-refractivity contribution in [3.8, 4) is 0 Å². The number of fused-ring (bicyclic) bond motifs is 1. The molecule has 2 heterocycles. The van der Waals surface area contributed by atoms with Crippen LogP contribution in [0, 0.1) is 6.92 Å². The van der Waals surface area contributed by atoms with Crippen molar-refractivity contribution in [2.24, 2.45) is 0 Å². The minimum absolute atomic E-state index is 0.0718. The second-order valence-corrected chi connectivity index (χ2v) is 10.4. The van der Waals surface area contributed by atoms with Gasteiger partial charge >= 0.3 is 0 Å². The lowest BCUT2D eigenvalue weighted by atomic mass is 10.1. The minimum Gasteiger partial charge on any atom is -0.349 e. The number of hydrogen-bond acceptors (Lipinski definition) is 5. The number of aryl methyl sites for hydroxylation is 3. The average Bonchev–Trinajstić information content (AvgIpc) is 2.83. The summed E-state index contributed by atoms with van der Waals surface area (Å²) in [6.07, 6.45) is 2.77. The normalized spacial score (nSPS) is 15.6. The van der Waals surface area contributed by atoms with Crippen molar-refractivity contribution in [1.29, 1.82) is 0 Å². The molecule has 0 bridgehead atoms. The molecule has 1 aromatic heterocycles. The summed E-state index contributed by atoms with van der Waals surface area (Å²) in [5.74, 6) is -0.170. The summed E-state index contributed by atoms with van der Waals surface area (Å²) in [6.45, 7) is 6.80. The predicted octanol–water partition coefficient (Wildman–Crippen LogP) is 3.65. The van der Waals surface area contributed by atoms with Crippen LogP contribution in [-0.2, 0) is 22.9 Å². The second-order valence-electron chi connectivity index (χ2n) is 8.49. The van der Waals surface area contributed by atoms with Gasteiger partial charge in [-0.1, -0.05) is 31.5 Å². The van der Waals surface area contributed by atoms with Gasteiger partial charge in [0.05, 0.1) is 27.3 Å². The number of nitrogens with one attached hydrogen (secondary N) is 1. The monoisotopic (exact) mass is 466 g/mol. The zero-order valence-electron chi connectivity index (χ0n) is 19.3. The Kier molecular flexibility index (Phi) is 6.76. The molecule has 3 aromatic rings. The average molecular weight is 467 g/mol. The molecular formula is C25H30N4O3S. The molecule has 2 aromatic carbocycles. The van der Waals surface area contributed by atoms with Crippen LogP contribution in [0.3, 0.4) is 0 Å². The van der Waals surface area contributed by atoms with Gasteiger partial charge in [0.1, 0.15) is 0 Å². The Bertz CT molecular complexity index is 1260. The van der Waals surface area contributed by atoms with Crippen LogP contribution in [-0.4, -0.2) is 47.7 Å². The van der Waals surface area contributed by atoms with E-state index >= 15 is 0 Å². The number of rotatable bonds is 6. The maximum atomic E-state index is 12.9. The quantitative estimate of drug-likeness (QED) is 0.599. The Morgan fingerprint density at radius 1 is 0.970 bits per heavy atom. The summed E-state index contributed by atoms with van der Waals surface area (Å²) in [5, 5.41) is 3.06. The topological polar surface area (TPSA) is 92.3 Å². The number of amides is 1. The van der Waals surface area contributed by atoms with Crippen LogP contribution >= 0.6 is 0 Å². The van der Waals surface area contributed by atoms with Gasteiger partial charge in [0.25, 0.3) is 5.91 Å². The molecule has 0 spiro atoms. The van der Waals surface area contributed by atoms with Gasteiger partial charge in [0.15, 0.2) is 0 Å². The molecule has 4 rings (SSSR count). The van der Waals surface area contributed by atoms with Crippen LogP contribution in [0.2, 0.25) is 0 Å². The highest BCUT2D eigenvalue weighted by atomic mass is 32.2. The number of carbonyl (C=O) groups excluding carboxylic acids is 1. The summed E-state index contributed by atoms with van der Waals surface area (Å²) in [4.78, 5) is 22.6. The number of benzene rings is 2. The van der Waals surface area contributed by atoms with E-state index in [4.69, 9.17) is 4.98 Å². The van der Waals surface area contributed by atoms with Crippen molar-refractivity contribution in [2.45, 2.75) is 57.4 Å². The second kappa shape index (κ2) is 9.57. The van der Waals surface area contributed by atoms with Gasteiger partial charge in [0, 0.05) is 24.7 Å². The molecule has 1 saturated heterocycles. The van der Waals surface area contributed by atoms with Gasteiger partial charge in [-0.15, -0.1) is 0 Å². The summed E-state index contributed by atoms with van der Waals surface area (Å²) < 4.78 is 27.3. The fourth-order valence-corrected chi connectivity index (χ4v) is 5.67. The molecule has 174 valence electrons. The van der Waals surface area contributed by atoms with E-state index in [1.165, 1.54) is 4.31 Å². The lowest BCUT2D eigenvalue weighted by Gasteiger charge is -2.31. The van der Waals surface area contributed by atoms with Crippen molar-refractivity contribution in [2.75, 3.05) is 13.1 Å². The molecule has 1 fully saturated rings. The van der Waals surface area contributed by atoms with Crippen LogP contribution in [0.25, 0.3) is 11.0 Å². The van der Waals surface area contributed by atoms with E-state index in [-0.39, 0.29) is 11.9 Å². The van der Waals surface area contributed by atoms with Crippen molar-refractivity contribution < 1.29 is 13.2 Å². The molecular weight excluding hydrogens is 436 g/mol. The summed E-state index contributed by atoms with van der Waals surface area (Å²) in [6, 6.07) is 12.2. The molecule has 0 aliphatic carbocycles. The molecule has 0 saturated carbocycles. The minimum atomic E-state index is -3.51. The van der Waals surface area contributed by atoms with Gasteiger partial charge < -0.3 is 5.32 Å². The highest BCUT2D eigenvalue weighted by Gasteiger charge is 2.30. The highest BCUT2D eigenvalue weighted by Crippen LogP contribution is 2.22. The van der Waals surface area contributed by atoms with Gasteiger partial charge in [-0.2, -0.15) is 4.31 Å². The van der Waals surface area contributed by atoms with Crippen molar-refractivity contribution in [3.63, 3.8) is 0 Å². The molecule has 0 radical (unpaired) electrons. The molecule has 1 amide bonds. The van der Waals surface area contributed by atoms with Gasteiger partial charge in [-0.05, 0) is 62.9 Å². The van der Waals surface area contributed by atoms with E-state index in [1.54, 1.807) is 36.4 Å². The Hall–Kier alpha value is -2.84. The summed E-state index contributed by atoms with van der Waals surface area (Å²) in [7, 11) is -3.51. The van der Waals surface area contributed by atoms with E-state index in [2.05, 4.69) is 24.1 Å². The smallest absolute Gasteiger partial charge is 0.251 e. The van der Waals surface area contributed by atoms with Crippen LogP contribution in [0.15, 0.2) is 47.4 Å². The number of carbonyl (C=O) groups is 1. The Balaban J connectivity index is 1.41. The first-order valence-corrected chi connectivity index (χ1v) is 12.9. The Morgan fingerprint density at radius 2 is 1.58 bits per heavy atom. The molecule has 33 heavy (non-hydrogen) atoms. The Morgan fingerprint density at radius 3 is 2.18 bits per heavy atom. The van der Waals surface area contributed by atoms with E-state index in [0.717, 1.165) is 40.8 Å². The molecule has 7 nitrogen and oxygen atoms in total.